The fourth-order valence-electron chi connectivity index (χ4n) is 5.65. The molecule has 10 nitrogen and oxygen atoms in total. The molecule has 0 radical (unpaired) electrons. The summed E-state index contributed by atoms with van der Waals surface area (Å²) in [5.74, 6) is -0.0291. The number of aliphatic hydroxyl groups is 1. The Morgan fingerprint density at radius 2 is 1.60 bits per heavy atom. The summed E-state index contributed by atoms with van der Waals surface area (Å²) in [6, 6.07) is 10.3. The summed E-state index contributed by atoms with van der Waals surface area (Å²) in [5.41, 5.74) is 0.841. The van der Waals surface area contributed by atoms with E-state index in [2.05, 4.69) is 15.7 Å². The highest BCUT2D eigenvalue weighted by atomic mass is 31.2. The molecule has 0 unspecified atom stereocenters. The van der Waals surface area contributed by atoms with E-state index in [1.54, 1.807) is 26.0 Å². The van der Waals surface area contributed by atoms with E-state index in [-0.39, 0.29) is 31.5 Å². The van der Waals surface area contributed by atoms with Gasteiger partial charge in [-0.15, -0.1) is 0 Å². The molecule has 43 heavy (non-hydrogen) atoms. The van der Waals surface area contributed by atoms with Gasteiger partial charge in [-0.3, -0.25) is 18.6 Å². The second kappa shape index (κ2) is 17.7. The summed E-state index contributed by atoms with van der Waals surface area (Å²) in [5, 5.41) is 20.0. The molecule has 1 aliphatic rings. The number of hydrogen-bond donors (Lipinski definition) is 4. The number of carbonyl (C=O) groups is 2. The van der Waals surface area contributed by atoms with Crippen molar-refractivity contribution >= 4 is 19.6 Å². The first-order valence-corrected chi connectivity index (χ1v) is 17.2. The Hall–Kier alpha value is -2.49. The minimum atomic E-state index is -3.80. The molecule has 240 valence electrons. The zero-order valence-corrected chi connectivity index (χ0v) is 26.9. The van der Waals surface area contributed by atoms with Crippen molar-refractivity contribution in [1.82, 2.24) is 15.7 Å². The van der Waals surface area contributed by atoms with Gasteiger partial charge in [0.1, 0.15) is 23.9 Å². The lowest BCUT2D eigenvalue weighted by molar-refractivity contribution is -0.131. The molecule has 0 spiro atoms. The summed E-state index contributed by atoms with van der Waals surface area (Å²) in [7, 11) is -3.80. The molecule has 1 aromatic heterocycles. The number of carbonyl (C=O) groups excluding carboxylic acids is 2. The third-order valence-corrected chi connectivity index (χ3v) is 9.53. The molecule has 1 heterocycles. The first-order chi connectivity index (χ1) is 20.6. The van der Waals surface area contributed by atoms with Gasteiger partial charge in [-0.05, 0) is 62.6 Å². The number of benzene rings is 1. The molecule has 0 bridgehead atoms. The maximum Gasteiger partial charge on any atom is 0.406 e. The Morgan fingerprint density at radius 3 is 2.19 bits per heavy atom. The fraction of sp³-hybridized carbons (Fsp3) is 0.625. The number of nitrogens with one attached hydrogen (secondary N) is 3. The van der Waals surface area contributed by atoms with E-state index in [0.717, 1.165) is 31.2 Å². The quantitative estimate of drug-likeness (QED) is 0.156. The van der Waals surface area contributed by atoms with Gasteiger partial charge in [0.05, 0.1) is 25.5 Å². The lowest BCUT2D eigenvalue weighted by Crippen LogP contribution is -2.55. The van der Waals surface area contributed by atoms with Crippen molar-refractivity contribution < 1.29 is 32.7 Å². The molecule has 1 saturated carbocycles. The van der Waals surface area contributed by atoms with Crippen LogP contribution >= 0.6 is 7.75 Å². The zero-order chi connectivity index (χ0) is 31.2. The Balaban J connectivity index is 1.82. The van der Waals surface area contributed by atoms with Crippen molar-refractivity contribution in [3.05, 3.63) is 60.1 Å². The largest absolute Gasteiger partial charge is 0.467 e. The van der Waals surface area contributed by atoms with Crippen LogP contribution in [0.4, 0.5) is 0 Å². The van der Waals surface area contributed by atoms with Crippen molar-refractivity contribution in [3.63, 3.8) is 0 Å². The predicted octanol–water partition coefficient (Wildman–Crippen LogP) is 5.68. The van der Waals surface area contributed by atoms with Gasteiger partial charge in [-0.1, -0.05) is 76.3 Å². The number of rotatable bonds is 18. The second-order valence-electron chi connectivity index (χ2n) is 11.7. The van der Waals surface area contributed by atoms with Crippen LogP contribution in [0.1, 0.15) is 90.1 Å². The normalized spacial score (nSPS) is 17.3. The van der Waals surface area contributed by atoms with Gasteiger partial charge in [0.15, 0.2) is 0 Å². The van der Waals surface area contributed by atoms with Crippen LogP contribution in [0.3, 0.4) is 0 Å². The van der Waals surface area contributed by atoms with E-state index in [0.29, 0.717) is 24.5 Å². The Bertz CT molecular complexity index is 1130. The average Bonchev–Trinajstić information content (AvgIpc) is 3.52. The van der Waals surface area contributed by atoms with Crippen LogP contribution in [-0.2, 0) is 29.6 Å². The maximum absolute atomic E-state index is 13.8. The lowest BCUT2D eigenvalue weighted by Gasteiger charge is -2.31. The summed E-state index contributed by atoms with van der Waals surface area (Å²) < 4.78 is 29.7. The molecule has 0 aliphatic heterocycles. The maximum atomic E-state index is 13.8. The van der Waals surface area contributed by atoms with Crippen molar-refractivity contribution in [2.24, 2.45) is 11.8 Å². The van der Waals surface area contributed by atoms with Crippen molar-refractivity contribution in [2.45, 2.75) is 103 Å². The van der Waals surface area contributed by atoms with Gasteiger partial charge in [-0.2, -0.15) is 0 Å². The third kappa shape index (κ3) is 11.5. The van der Waals surface area contributed by atoms with Crippen molar-refractivity contribution in [3.8, 4) is 0 Å². The van der Waals surface area contributed by atoms with Crippen LogP contribution < -0.4 is 15.7 Å². The molecule has 4 atom stereocenters. The molecule has 4 N–H and O–H groups in total. The van der Waals surface area contributed by atoms with Crippen LogP contribution in [0.15, 0.2) is 53.1 Å². The average molecular weight is 620 g/mol. The van der Waals surface area contributed by atoms with Crippen LogP contribution in [-0.4, -0.2) is 48.3 Å². The predicted molar refractivity (Wildman–Crippen MR) is 166 cm³/mol. The van der Waals surface area contributed by atoms with Gasteiger partial charge < -0.3 is 20.2 Å². The van der Waals surface area contributed by atoms with Crippen LogP contribution in [0.5, 0.6) is 0 Å². The van der Waals surface area contributed by atoms with E-state index in [1.807, 2.05) is 44.2 Å². The van der Waals surface area contributed by atoms with Crippen LogP contribution in [0.25, 0.3) is 0 Å². The number of hydrogen-bond acceptors (Lipinski definition) is 7. The summed E-state index contributed by atoms with van der Waals surface area (Å²) in [6.07, 6.45) is 7.25. The van der Waals surface area contributed by atoms with Crippen molar-refractivity contribution in [2.75, 3.05) is 13.2 Å². The molecule has 11 heteroatoms. The van der Waals surface area contributed by atoms with Crippen LogP contribution in [0, 0.1) is 11.8 Å². The minimum Gasteiger partial charge on any atom is -0.467 e. The third-order valence-electron chi connectivity index (χ3n) is 7.71. The molecule has 1 aliphatic carbocycles. The highest BCUT2D eigenvalue weighted by Gasteiger charge is 2.35. The SMILES string of the molecule is CCOP(=O)(N[C@@H](Cc1ccccc1)C(=O)N[C@@H](CC(C)C)C(=O)N[C@H](CC1CCCCC1)[C@H](O)c1ccco1)OCC. The van der Waals surface area contributed by atoms with E-state index >= 15 is 0 Å². The highest BCUT2D eigenvalue weighted by molar-refractivity contribution is 7.51. The molecule has 0 saturated heterocycles. The standard InChI is InChI=1S/C32H50N3O7P/c1-5-41-43(39,42-6-2)35-28(22-25-16-11-8-12-17-25)32(38)34-27(20-23(3)4)31(37)33-26(21-24-14-9-7-10-15-24)30(36)29-18-13-19-40-29/h8,11-13,16-19,23-24,26-28,30,36H,5-7,9-10,14-15,20-22H2,1-4H3,(H,33,37)(H,34,38)(H,35,39)/t26-,27+,28+,30+/m1/s1. The topological polar surface area (TPSA) is 139 Å². The smallest absolute Gasteiger partial charge is 0.406 e. The second-order valence-corrected chi connectivity index (χ2v) is 13.5. The molecular formula is C32H50N3O7P. The highest BCUT2D eigenvalue weighted by Crippen LogP contribution is 2.44. The van der Waals surface area contributed by atoms with E-state index < -0.39 is 37.9 Å². The first kappa shape index (κ1) is 35.0. The Morgan fingerprint density at radius 1 is 0.953 bits per heavy atom. The van der Waals surface area contributed by atoms with Gasteiger partial charge in [-0.25, -0.2) is 9.65 Å². The van der Waals surface area contributed by atoms with E-state index in [1.165, 1.54) is 12.7 Å². The Labute approximate surface area is 256 Å². The monoisotopic (exact) mass is 619 g/mol. The van der Waals surface area contributed by atoms with Crippen molar-refractivity contribution in [1.29, 1.82) is 0 Å². The summed E-state index contributed by atoms with van der Waals surface area (Å²) in [4.78, 5) is 27.6. The molecule has 1 aromatic carbocycles. The van der Waals surface area contributed by atoms with Gasteiger partial charge in [0, 0.05) is 0 Å². The molecule has 3 rings (SSSR count). The number of furan rings is 1. The fourth-order valence-corrected chi connectivity index (χ4v) is 7.15. The van der Waals surface area contributed by atoms with Gasteiger partial charge in [0.2, 0.25) is 11.8 Å². The van der Waals surface area contributed by atoms with E-state index in [9.17, 15) is 19.3 Å². The lowest BCUT2D eigenvalue weighted by atomic mass is 9.83. The molecule has 1 fully saturated rings. The van der Waals surface area contributed by atoms with E-state index in [4.69, 9.17) is 13.5 Å². The molecule has 2 aromatic rings. The number of aliphatic hydroxyl groups excluding tert-OH is 1. The molecule has 2 amide bonds. The number of amides is 2. The Kier molecular flexibility index (Phi) is 14.4. The molecular weight excluding hydrogens is 569 g/mol. The first-order valence-electron chi connectivity index (χ1n) is 15.7. The minimum absolute atomic E-state index is 0.0846. The van der Waals surface area contributed by atoms with Crippen LogP contribution in [0.2, 0.25) is 0 Å². The summed E-state index contributed by atoms with van der Waals surface area (Å²) >= 11 is 0. The van der Waals surface area contributed by atoms with Gasteiger partial charge in [0.25, 0.3) is 0 Å². The summed E-state index contributed by atoms with van der Waals surface area (Å²) in [6.45, 7) is 7.60. The zero-order valence-electron chi connectivity index (χ0n) is 26.0. The van der Waals surface area contributed by atoms with Gasteiger partial charge >= 0.3 is 7.75 Å².